The maximum Gasteiger partial charge on any atom is 0.323 e. The van der Waals surface area contributed by atoms with E-state index in [-0.39, 0.29) is 11.5 Å². The molecule has 1 rings (SSSR count). The summed E-state index contributed by atoms with van der Waals surface area (Å²) in [6, 6.07) is -1.07. The molecule has 0 radical (unpaired) electrons. The molecule has 2 N–H and O–H groups in total. The number of carboxylic acid groups (broad SMARTS) is 1. The highest BCUT2D eigenvalue weighted by Crippen LogP contribution is 2.17. The molecule has 0 aromatic rings. The van der Waals surface area contributed by atoms with Gasteiger partial charge in [-0.2, -0.15) is 0 Å². The van der Waals surface area contributed by atoms with E-state index in [1.807, 2.05) is 19.0 Å². The zero-order valence-electron chi connectivity index (χ0n) is 12.4. The Labute approximate surface area is 125 Å². The fraction of sp³-hybridized carbons (Fsp3) is 0.833. The average molecular weight is 321 g/mol. The van der Waals surface area contributed by atoms with Crippen molar-refractivity contribution >= 4 is 21.8 Å². The molecule has 1 fully saturated rings. The molecule has 1 heterocycles. The van der Waals surface area contributed by atoms with Crippen LogP contribution in [-0.2, 0) is 14.6 Å². The Kier molecular flexibility index (Phi) is 6.41. The van der Waals surface area contributed by atoms with E-state index in [9.17, 15) is 18.0 Å². The molecule has 122 valence electrons. The van der Waals surface area contributed by atoms with Crippen LogP contribution in [0.3, 0.4) is 0 Å². The van der Waals surface area contributed by atoms with Crippen LogP contribution in [0.15, 0.2) is 0 Å². The van der Waals surface area contributed by atoms with Crippen molar-refractivity contribution in [3.63, 3.8) is 0 Å². The molecule has 0 bridgehead atoms. The van der Waals surface area contributed by atoms with Gasteiger partial charge in [-0.3, -0.25) is 4.79 Å². The highest BCUT2D eigenvalue weighted by Gasteiger charge is 2.35. The monoisotopic (exact) mass is 321 g/mol. The molecule has 0 spiro atoms. The summed E-state index contributed by atoms with van der Waals surface area (Å²) in [6.45, 7) is 0.739. The maximum atomic E-state index is 12.1. The number of rotatable bonds is 7. The van der Waals surface area contributed by atoms with Gasteiger partial charge in [0.05, 0.1) is 11.5 Å². The van der Waals surface area contributed by atoms with Crippen LogP contribution in [0.2, 0.25) is 0 Å². The van der Waals surface area contributed by atoms with Gasteiger partial charge in [0.15, 0.2) is 9.84 Å². The number of carboxylic acids is 1. The summed E-state index contributed by atoms with van der Waals surface area (Å²) < 4.78 is 23.0. The molecule has 1 aliphatic heterocycles. The Morgan fingerprint density at radius 3 is 2.48 bits per heavy atom. The van der Waals surface area contributed by atoms with Gasteiger partial charge in [0.1, 0.15) is 6.54 Å². The zero-order chi connectivity index (χ0) is 16.0. The Bertz CT molecular complexity index is 477. The first kappa shape index (κ1) is 17.7. The summed E-state index contributed by atoms with van der Waals surface area (Å²) in [7, 11) is 0.670. The van der Waals surface area contributed by atoms with E-state index in [4.69, 9.17) is 5.11 Å². The first-order valence-electron chi connectivity index (χ1n) is 6.82. The second kappa shape index (κ2) is 7.60. The van der Waals surface area contributed by atoms with E-state index in [1.165, 1.54) is 0 Å². The lowest BCUT2D eigenvalue weighted by molar-refractivity contribution is -0.138. The van der Waals surface area contributed by atoms with E-state index in [0.29, 0.717) is 13.0 Å². The standard InChI is InChI=1S/C12H23N3O5S/c1-14(2)6-3-5-13-12(18)15(8-11(16)17)10-4-7-21(19,20)9-10/h10H,3-9H2,1-2H3,(H,13,18)(H,16,17). The van der Waals surface area contributed by atoms with Crippen molar-refractivity contribution in [2.45, 2.75) is 18.9 Å². The lowest BCUT2D eigenvalue weighted by Gasteiger charge is -2.26. The van der Waals surface area contributed by atoms with Gasteiger partial charge in [-0.1, -0.05) is 0 Å². The van der Waals surface area contributed by atoms with Gasteiger partial charge < -0.3 is 20.2 Å². The van der Waals surface area contributed by atoms with Crippen LogP contribution < -0.4 is 5.32 Å². The van der Waals surface area contributed by atoms with Crippen molar-refractivity contribution in [3.05, 3.63) is 0 Å². The quantitative estimate of drug-likeness (QED) is 0.596. The normalized spacial score (nSPS) is 20.4. The number of nitrogens with zero attached hydrogens (tertiary/aromatic N) is 2. The summed E-state index contributed by atoms with van der Waals surface area (Å²) in [4.78, 5) is 26.0. The molecule has 0 aliphatic carbocycles. The summed E-state index contributed by atoms with van der Waals surface area (Å²) in [6.07, 6.45) is 1.03. The molecule has 21 heavy (non-hydrogen) atoms. The SMILES string of the molecule is CN(C)CCCNC(=O)N(CC(=O)O)C1CCS(=O)(=O)C1. The fourth-order valence-electron chi connectivity index (χ4n) is 2.23. The van der Waals surface area contributed by atoms with E-state index in [2.05, 4.69) is 5.32 Å². The number of carbonyl (C=O) groups excluding carboxylic acids is 1. The lowest BCUT2D eigenvalue weighted by Crippen LogP contribution is -2.49. The summed E-state index contributed by atoms with van der Waals surface area (Å²) >= 11 is 0. The van der Waals surface area contributed by atoms with Crippen LogP contribution in [0.5, 0.6) is 0 Å². The van der Waals surface area contributed by atoms with Crippen molar-refractivity contribution in [2.75, 3.05) is 45.2 Å². The number of carbonyl (C=O) groups is 2. The van der Waals surface area contributed by atoms with Gasteiger partial charge in [0.25, 0.3) is 0 Å². The average Bonchev–Trinajstić information content (AvgIpc) is 2.71. The Morgan fingerprint density at radius 2 is 2.00 bits per heavy atom. The van der Waals surface area contributed by atoms with Gasteiger partial charge in [-0.05, 0) is 33.5 Å². The van der Waals surface area contributed by atoms with Gasteiger partial charge in [0.2, 0.25) is 0 Å². The second-order valence-electron chi connectivity index (χ2n) is 5.47. The number of urea groups is 1. The Hall–Kier alpha value is -1.35. The molecular weight excluding hydrogens is 298 g/mol. The molecule has 8 nitrogen and oxygen atoms in total. The predicted octanol–water partition coefficient (Wildman–Crippen LogP) is -0.779. The Balaban J connectivity index is 2.56. The van der Waals surface area contributed by atoms with Gasteiger partial charge in [0, 0.05) is 12.6 Å². The zero-order valence-corrected chi connectivity index (χ0v) is 13.2. The minimum Gasteiger partial charge on any atom is -0.480 e. The fourth-order valence-corrected chi connectivity index (χ4v) is 3.96. The van der Waals surface area contributed by atoms with Crippen LogP contribution in [0, 0.1) is 0 Å². The predicted molar refractivity (Wildman–Crippen MR) is 78.0 cm³/mol. The molecule has 1 saturated heterocycles. The first-order chi connectivity index (χ1) is 9.71. The number of hydrogen-bond donors (Lipinski definition) is 2. The second-order valence-corrected chi connectivity index (χ2v) is 7.70. The number of nitrogens with one attached hydrogen (secondary N) is 1. The Morgan fingerprint density at radius 1 is 1.33 bits per heavy atom. The molecule has 1 atom stereocenters. The van der Waals surface area contributed by atoms with Crippen molar-refractivity contribution in [2.24, 2.45) is 0 Å². The number of hydrogen-bond acceptors (Lipinski definition) is 5. The van der Waals surface area contributed by atoms with E-state index in [1.54, 1.807) is 0 Å². The molecule has 1 aliphatic rings. The summed E-state index contributed by atoms with van der Waals surface area (Å²) in [5, 5.41) is 11.5. The molecular formula is C12H23N3O5S. The molecule has 2 amide bonds. The lowest BCUT2D eigenvalue weighted by atomic mass is 10.2. The topological polar surface area (TPSA) is 107 Å². The third-order valence-corrected chi connectivity index (χ3v) is 5.02. The van der Waals surface area contributed by atoms with Crippen LogP contribution in [-0.4, -0.2) is 86.6 Å². The third kappa shape index (κ3) is 6.30. The van der Waals surface area contributed by atoms with Crippen LogP contribution >= 0.6 is 0 Å². The number of amides is 2. The summed E-state index contributed by atoms with van der Waals surface area (Å²) in [5.41, 5.74) is 0. The molecule has 9 heteroatoms. The van der Waals surface area contributed by atoms with Crippen LogP contribution in [0.25, 0.3) is 0 Å². The minimum absolute atomic E-state index is 0.00168. The van der Waals surface area contributed by atoms with Crippen LogP contribution in [0.1, 0.15) is 12.8 Å². The highest BCUT2D eigenvalue weighted by molar-refractivity contribution is 7.91. The molecule has 0 aromatic heterocycles. The molecule has 0 saturated carbocycles. The van der Waals surface area contributed by atoms with Crippen molar-refractivity contribution in [1.82, 2.24) is 15.1 Å². The largest absolute Gasteiger partial charge is 0.480 e. The van der Waals surface area contributed by atoms with E-state index >= 15 is 0 Å². The molecule has 0 aromatic carbocycles. The third-order valence-electron chi connectivity index (χ3n) is 3.27. The number of aliphatic carboxylic acids is 1. The van der Waals surface area contributed by atoms with Crippen LogP contribution in [0.4, 0.5) is 4.79 Å². The number of sulfone groups is 1. The van der Waals surface area contributed by atoms with Gasteiger partial charge in [-0.15, -0.1) is 0 Å². The van der Waals surface area contributed by atoms with Crippen molar-refractivity contribution in [1.29, 1.82) is 0 Å². The van der Waals surface area contributed by atoms with Crippen molar-refractivity contribution in [3.8, 4) is 0 Å². The highest BCUT2D eigenvalue weighted by atomic mass is 32.2. The minimum atomic E-state index is -3.17. The maximum absolute atomic E-state index is 12.1. The van der Waals surface area contributed by atoms with Gasteiger partial charge in [-0.25, -0.2) is 13.2 Å². The first-order valence-corrected chi connectivity index (χ1v) is 8.65. The smallest absolute Gasteiger partial charge is 0.323 e. The molecule has 1 unspecified atom stereocenters. The summed E-state index contributed by atoms with van der Waals surface area (Å²) in [5.74, 6) is -1.31. The van der Waals surface area contributed by atoms with Gasteiger partial charge >= 0.3 is 12.0 Å². The van der Waals surface area contributed by atoms with E-state index in [0.717, 1.165) is 17.9 Å². The van der Waals surface area contributed by atoms with Crippen molar-refractivity contribution < 1.29 is 23.1 Å². The van der Waals surface area contributed by atoms with E-state index < -0.39 is 34.4 Å².